The second-order valence-corrected chi connectivity index (χ2v) is 4.23. The molecular formula is C12H16F3N3. The highest BCUT2D eigenvalue weighted by Gasteiger charge is 2.30. The lowest BCUT2D eigenvalue weighted by Gasteiger charge is -2.24. The predicted molar refractivity (Wildman–Crippen MR) is 64.6 cm³/mol. The zero-order valence-corrected chi connectivity index (χ0v) is 10.0. The van der Waals surface area contributed by atoms with Crippen molar-refractivity contribution in [2.24, 2.45) is 5.73 Å². The van der Waals surface area contributed by atoms with E-state index < -0.39 is 18.6 Å². The van der Waals surface area contributed by atoms with Crippen molar-refractivity contribution in [1.29, 1.82) is 5.41 Å². The van der Waals surface area contributed by atoms with E-state index in [1.54, 1.807) is 30.3 Å². The summed E-state index contributed by atoms with van der Waals surface area (Å²) < 4.78 is 36.7. The van der Waals surface area contributed by atoms with Gasteiger partial charge in [-0.3, -0.25) is 10.3 Å². The summed E-state index contributed by atoms with van der Waals surface area (Å²) >= 11 is 0. The minimum Gasteiger partial charge on any atom is -0.387 e. The van der Waals surface area contributed by atoms with E-state index in [0.717, 1.165) is 10.5 Å². The van der Waals surface area contributed by atoms with E-state index in [4.69, 9.17) is 11.1 Å². The molecule has 0 radical (unpaired) electrons. The van der Waals surface area contributed by atoms with Gasteiger partial charge in [0.25, 0.3) is 0 Å². The molecule has 1 aromatic rings. The summed E-state index contributed by atoms with van der Waals surface area (Å²) in [5, 5.41) is 7.48. The Labute approximate surface area is 104 Å². The number of benzene rings is 1. The van der Waals surface area contributed by atoms with Crippen LogP contribution < -0.4 is 5.73 Å². The summed E-state index contributed by atoms with van der Waals surface area (Å²) in [5.41, 5.74) is 6.21. The van der Waals surface area contributed by atoms with Gasteiger partial charge in [0.05, 0.1) is 18.3 Å². The van der Waals surface area contributed by atoms with Crippen molar-refractivity contribution in [3.8, 4) is 0 Å². The van der Waals surface area contributed by atoms with Crippen LogP contribution in [-0.4, -0.2) is 37.0 Å². The molecule has 0 bridgehead atoms. The lowest BCUT2D eigenvalue weighted by atomic mass is 9.97. The highest BCUT2D eigenvalue weighted by Crippen LogP contribution is 2.20. The first-order valence-electron chi connectivity index (χ1n) is 5.44. The topological polar surface area (TPSA) is 53.1 Å². The van der Waals surface area contributed by atoms with Crippen molar-refractivity contribution in [3.05, 3.63) is 35.9 Å². The zero-order valence-electron chi connectivity index (χ0n) is 10.0. The van der Waals surface area contributed by atoms with Gasteiger partial charge in [0, 0.05) is 6.54 Å². The number of alkyl halides is 3. The Morgan fingerprint density at radius 2 is 1.89 bits per heavy atom. The van der Waals surface area contributed by atoms with E-state index in [2.05, 4.69) is 0 Å². The molecule has 1 unspecified atom stereocenters. The molecule has 0 heterocycles. The molecule has 6 heteroatoms. The minimum absolute atomic E-state index is 0.0683. The molecule has 0 aromatic heterocycles. The molecule has 0 aliphatic carbocycles. The smallest absolute Gasteiger partial charge is 0.387 e. The van der Waals surface area contributed by atoms with Crippen LogP contribution in [0.3, 0.4) is 0 Å². The summed E-state index contributed by atoms with van der Waals surface area (Å²) in [5.74, 6) is -0.645. The third-order valence-electron chi connectivity index (χ3n) is 2.52. The second-order valence-electron chi connectivity index (χ2n) is 4.23. The van der Waals surface area contributed by atoms with Crippen molar-refractivity contribution in [2.45, 2.75) is 12.1 Å². The van der Waals surface area contributed by atoms with E-state index in [0.29, 0.717) is 0 Å². The van der Waals surface area contributed by atoms with Gasteiger partial charge in [-0.25, -0.2) is 0 Å². The molecule has 1 atom stereocenters. The Morgan fingerprint density at radius 3 is 2.33 bits per heavy atom. The van der Waals surface area contributed by atoms with Gasteiger partial charge < -0.3 is 5.73 Å². The lowest BCUT2D eigenvalue weighted by molar-refractivity contribution is -0.143. The van der Waals surface area contributed by atoms with Crippen LogP contribution in [0, 0.1) is 5.41 Å². The molecule has 1 aromatic carbocycles. The summed E-state index contributed by atoms with van der Waals surface area (Å²) in [6.07, 6.45) is -4.24. The summed E-state index contributed by atoms with van der Waals surface area (Å²) in [7, 11) is 1.37. The fourth-order valence-corrected chi connectivity index (χ4v) is 1.75. The number of nitrogens with one attached hydrogen (secondary N) is 1. The molecular weight excluding hydrogens is 243 g/mol. The number of likely N-dealkylation sites (N-methyl/N-ethyl adjacent to an activating group) is 1. The number of amidine groups is 1. The van der Waals surface area contributed by atoms with Crippen molar-refractivity contribution in [2.75, 3.05) is 20.1 Å². The average Bonchev–Trinajstić information content (AvgIpc) is 2.24. The third kappa shape index (κ3) is 4.75. The van der Waals surface area contributed by atoms with Gasteiger partial charge in [-0.15, -0.1) is 0 Å². The van der Waals surface area contributed by atoms with E-state index in [1.807, 2.05) is 0 Å². The summed E-state index contributed by atoms with van der Waals surface area (Å²) in [6, 6.07) is 8.87. The van der Waals surface area contributed by atoms with E-state index in [1.165, 1.54) is 7.05 Å². The average molecular weight is 259 g/mol. The van der Waals surface area contributed by atoms with Crippen molar-refractivity contribution in [1.82, 2.24) is 4.90 Å². The van der Waals surface area contributed by atoms with Crippen molar-refractivity contribution < 1.29 is 13.2 Å². The minimum atomic E-state index is -4.24. The first kappa shape index (κ1) is 14.5. The normalized spacial score (nSPS) is 13.6. The Hall–Kier alpha value is -1.56. The maximum Gasteiger partial charge on any atom is 0.401 e. The van der Waals surface area contributed by atoms with Crippen LogP contribution in [-0.2, 0) is 0 Å². The molecule has 0 aliphatic rings. The number of hydrogen-bond donors (Lipinski definition) is 2. The second kappa shape index (κ2) is 5.86. The molecule has 3 N–H and O–H groups in total. The molecule has 3 nitrogen and oxygen atoms in total. The van der Waals surface area contributed by atoms with Gasteiger partial charge in [-0.2, -0.15) is 13.2 Å². The third-order valence-corrected chi connectivity index (χ3v) is 2.52. The zero-order chi connectivity index (χ0) is 13.8. The maximum atomic E-state index is 12.2. The molecule has 1 rings (SSSR count). The Balaban J connectivity index is 2.74. The number of nitrogens with two attached hydrogens (primary N) is 1. The van der Waals surface area contributed by atoms with Gasteiger partial charge in [0.1, 0.15) is 0 Å². The predicted octanol–water partition coefficient (Wildman–Crippen LogP) is 2.20. The standard InChI is InChI=1S/C12H16F3N3/c1-18(8-12(13,14)15)7-10(11(16)17)9-5-3-2-4-6-9/h2-6,10H,7-8H2,1H3,(H3,16,17). The van der Waals surface area contributed by atoms with Crippen molar-refractivity contribution in [3.63, 3.8) is 0 Å². The largest absolute Gasteiger partial charge is 0.401 e. The van der Waals surface area contributed by atoms with Gasteiger partial charge in [-0.1, -0.05) is 30.3 Å². The number of hydrogen-bond acceptors (Lipinski definition) is 2. The van der Waals surface area contributed by atoms with Crippen LogP contribution >= 0.6 is 0 Å². The number of halogens is 3. The SMILES string of the molecule is CN(CC(C(=N)N)c1ccccc1)CC(F)(F)F. The van der Waals surface area contributed by atoms with Crippen molar-refractivity contribution >= 4 is 5.84 Å². The van der Waals surface area contributed by atoms with Crippen LogP contribution in [0.15, 0.2) is 30.3 Å². The Kier molecular flexibility index (Phi) is 4.72. The van der Waals surface area contributed by atoms with Crippen LogP contribution in [0.5, 0.6) is 0 Å². The quantitative estimate of drug-likeness (QED) is 0.629. The summed E-state index contributed by atoms with van der Waals surface area (Å²) in [6.45, 7) is -0.942. The maximum absolute atomic E-state index is 12.2. The van der Waals surface area contributed by atoms with Gasteiger partial charge in [-0.05, 0) is 12.6 Å². The van der Waals surface area contributed by atoms with E-state index >= 15 is 0 Å². The molecule has 0 saturated heterocycles. The van der Waals surface area contributed by atoms with E-state index in [9.17, 15) is 13.2 Å². The fraction of sp³-hybridized carbons (Fsp3) is 0.417. The number of rotatable bonds is 5. The first-order chi connectivity index (χ1) is 8.29. The van der Waals surface area contributed by atoms with Crippen LogP contribution in [0.1, 0.15) is 11.5 Å². The van der Waals surface area contributed by atoms with Gasteiger partial charge >= 0.3 is 6.18 Å². The highest BCUT2D eigenvalue weighted by molar-refractivity contribution is 5.84. The van der Waals surface area contributed by atoms with Gasteiger partial charge in [0.15, 0.2) is 0 Å². The molecule has 0 spiro atoms. The van der Waals surface area contributed by atoms with Crippen LogP contribution in [0.25, 0.3) is 0 Å². The fourth-order valence-electron chi connectivity index (χ4n) is 1.75. The lowest BCUT2D eigenvalue weighted by Crippen LogP contribution is -2.37. The molecule has 18 heavy (non-hydrogen) atoms. The first-order valence-corrected chi connectivity index (χ1v) is 5.44. The Bertz CT molecular complexity index is 389. The number of nitrogens with zero attached hydrogens (tertiary/aromatic N) is 1. The van der Waals surface area contributed by atoms with Crippen LogP contribution in [0.2, 0.25) is 0 Å². The summed E-state index contributed by atoms with van der Waals surface area (Å²) in [4.78, 5) is 1.12. The monoisotopic (exact) mass is 259 g/mol. The Morgan fingerprint density at radius 1 is 1.33 bits per heavy atom. The van der Waals surface area contributed by atoms with Gasteiger partial charge in [0.2, 0.25) is 0 Å². The highest BCUT2D eigenvalue weighted by atomic mass is 19.4. The molecule has 0 aliphatic heterocycles. The molecule has 0 saturated carbocycles. The van der Waals surface area contributed by atoms with E-state index in [-0.39, 0.29) is 12.4 Å². The molecule has 100 valence electrons. The van der Waals surface area contributed by atoms with Crippen LogP contribution in [0.4, 0.5) is 13.2 Å². The molecule has 0 amide bonds. The molecule has 0 fully saturated rings.